The van der Waals surface area contributed by atoms with E-state index in [0.717, 1.165) is 31.5 Å². The van der Waals surface area contributed by atoms with Crippen LogP contribution in [0.1, 0.15) is 24.7 Å². The van der Waals surface area contributed by atoms with Gasteiger partial charge in [-0.05, 0) is 31.5 Å². The Kier molecular flexibility index (Phi) is 4.06. The molecule has 3 rings (SSSR count). The Bertz CT molecular complexity index is 584. The van der Waals surface area contributed by atoms with Crippen molar-refractivity contribution in [3.05, 3.63) is 24.1 Å². The molecular formula is C15H19N3O3. The van der Waals surface area contributed by atoms with E-state index < -0.39 is 0 Å². The topological polar surface area (TPSA) is 69.4 Å². The van der Waals surface area contributed by atoms with Crippen LogP contribution in [0.15, 0.2) is 22.7 Å². The molecular weight excluding hydrogens is 270 g/mol. The molecule has 112 valence electrons. The van der Waals surface area contributed by atoms with E-state index in [0.29, 0.717) is 29.1 Å². The summed E-state index contributed by atoms with van der Waals surface area (Å²) in [5.74, 6) is 2.96. The molecule has 1 saturated heterocycles. The van der Waals surface area contributed by atoms with Gasteiger partial charge < -0.3 is 19.3 Å². The average Bonchev–Trinajstić information content (AvgIpc) is 3.05. The summed E-state index contributed by atoms with van der Waals surface area (Å²) in [6, 6.07) is 5.56. The number of aromatic nitrogens is 2. The molecule has 1 N–H and O–H groups in total. The van der Waals surface area contributed by atoms with Crippen LogP contribution in [-0.4, -0.2) is 37.4 Å². The van der Waals surface area contributed by atoms with E-state index in [1.54, 1.807) is 14.2 Å². The summed E-state index contributed by atoms with van der Waals surface area (Å²) in [6.45, 7) is 1.95. The molecule has 1 fully saturated rings. The average molecular weight is 289 g/mol. The van der Waals surface area contributed by atoms with E-state index in [-0.39, 0.29) is 0 Å². The lowest BCUT2D eigenvalue weighted by Gasteiger charge is -2.18. The van der Waals surface area contributed by atoms with Crippen LogP contribution >= 0.6 is 0 Å². The van der Waals surface area contributed by atoms with Crippen LogP contribution in [0.5, 0.6) is 11.5 Å². The quantitative estimate of drug-likeness (QED) is 0.930. The molecule has 2 heterocycles. The van der Waals surface area contributed by atoms with Crippen LogP contribution in [0.3, 0.4) is 0 Å². The zero-order valence-corrected chi connectivity index (χ0v) is 12.3. The van der Waals surface area contributed by atoms with Crippen molar-refractivity contribution in [2.45, 2.75) is 18.8 Å². The number of hydrogen-bond acceptors (Lipinski definition) is 6. The number of methoxy groups -OCH3 is 2. The fraction of sp³-hybridized carbons (Fsp3) is 0.467. The number of hydrogen-bond donors (Lipinski definition) is 1. The lowest BCUT2D eigenvalue weighted by atomic mass is 10.00. The fourth-order valence-corrected chi connectivity index (χ4v) is 2.52. The summed E-state index contributed by atoms with van der Waals surface area (Å²) in [6.07, 6.45) is 2.21. The molecule has 1 atom stereocenters. The van der Waals surface area contributed by atoms with Crippen LogP contribution < -0.4 is 14.8 Å². The van der Waals surface area contributed by atoms with Crippen LogP contribution in [0.4, 0.5) is 0 Å². The number of rotatable bonds is 4. The Morgan fingerprint density at radius 3 is 2.57 bits per heavy atom. The third-order valence-electron chi connectivity index (χ3n) is 3.70. The van der Waals surface area contributed by atoms with Gasteiger partial charge in [-0.2, -0.15) is 4.98 Å². The van der Waals surface area contributed by atoms with Crippen LogP contribution in [0, 0.1) is 0 Å². The van der Waals surface area contributed by atoms with E-state index in [4.69, 9.17) is 14.0 Å². The van der Waals surface area contributed by atoms with Gasteiger partial charge in [0.15, 0.2) is 0 Å². The van der Waals surface area contributed by atoms with Crippen molar-refractivity contribution in [3.8, 4) is 22.9 Å². The van der Waals surface area contributed by atoms with Gasteiger partial charge in [-0.1, -0.05) is 5.16 Å². The Hall–Kier alpha value is -2.08. The first-order valence-corrected chi connectivity index (χ1v) is 7.08. The minimum absolute atomic E-state index is 0.299. The number of ether oxygens (including phenoxy) is 2. The molecule has 0 spiro atoms. The molecule has 0 radical (unpaired) electrons. The number of benzene rings is 1. The molecule has 6 heteroatoms. The van der Waals surface area contributed by atoms with Crippen LogP contribution in [-0.2, 0) is 0 Å². The standard InChI is InChI=1S/C15H19N3O3/c1-19-12-6-11(7-13(8-12)20-2)14-17-15(21-18-14)10-4-3-5-16-9-10/h6-8,10,16H,3-5,9H2,1-2H3/t10-/m1/s1. The number of nitrogens with zero attached hydrogens (tertiary/aromatic N) is 2. The first kappa shape index (κ1) is 13.9. The SMILES string of the molecule is COc1cc(OC)cc(-c2noc([C@@H]3CCCNC3)n2)c1. The molecule has 1 aliphatic heterocycles. The molecule has 1 aromatic heterocycles. The Labute approximate surface area is 123 Å². The highest BCUT2D eigenvalue weighted by Gasteiger charge is 2.22. The maximum absolute atomic E-state index is 5.42. The molecule has 6 nitrogen and oxygen atoms in total. The molecule has 0 saturated carbocycles. The zero-order valence-electron chi connectivity index (χ0n) is 12.3. The summed E-state index contributed by atoms with van der Waals surface area (Å²) in [7, 11) is 3.24. The first-order valence-electron chi connectivity index (χ1n) is 7.08. The van der Waals surface area contributed by atoms with Crippen molar-refractivity contribution >= 4 is 0 Å². The van der Waals surface area contributed by atoms with Crippen molar-refractivity contribution < 1.29 is 14.0 Å². The van der Waals surface area contributed by atoms with Crippen molar-refractivity contribution in [1.82, 2.24) is 15.5 Å². The molecule has 0 aliphatic carbocycles. The van der Waals surface area contributed by atoms with Gasteiger partial charge in [-0.3, -0.25) is 0 Å². The van der Waals surface area contributed by atoms with Crippen molar-refractivity contribution in [2.24, 2.45) is 0 Å². The van der Waals surface area contributed by atoms with Crippen molar-refractivity contribution in [3.63, 3.8) is 0 Å². The predicted octanol–water partition coefficient (Wildman–Crippen LogP) is 2.22. The predicted molar refractivity (Wildman–Crippen MR) is 77.7 cm³/mol. The lowest BCUT2D eigenvalue weighted by Crippen LogP contribution is -2.28. The Balaban J connectivity index is 1.88. The highest BCUT2D eigenvalue weighted by molar-refractivity contribution is 5.60. The second kappa shape index (κ2) is 6.13. The second-order valence-electron chi connectivity index (χ2n) is 5.10. The third-order valence-corrected chi connectivity index (χ3v) is 3.70. The van der Waals surface area contributed by atoms with Gasteiger partial charge >= 0.3 is 0 Å². The molecule has 21 heavy (non-hydrogen) atoms. The zero-order chi connectivity index (χ0) is 14.7. The van der Waals surface area contributed by atoms with Gasteiger partial charge in [0.2, 0.25) is 11.7 Å². The summed E-state index contributed by atoms with van der Waals surface area (Å²) < 4.78 is 16.0. The smallest absolute Gasteiger partial charge is 0.231 e. The van der Waals surface area contributed by atoms with E-state index in [2.05, 4.69) is 15.5 Å². The molecule has 0 amide bonds. The van der Waals surface area contributed by atoms with Gasteiger partial charge in [-0.15, -0.1) is 0 Å². The Morgan fingerprint density at radius 1 is 1.19 bits per heavy atom. The lowest BCUT2D eigenvalue weighted by molar-refractivity contribution is 0.322. The van der Waals surface area contributed by atoms with Crippen molar-refractivity contribution in [1.29, 1.82) is 0 Å². The summed E-state index contributed by atoms with van der Waals surface area (Å²) >= 11 is 0. The normalized spacial score (nSPS) is 18.5. The van der Waals surface area contributed by atoms with Gasteiger partial charge in [-0.25, -0.2) is 0 Å². The summed E-state index contributed by atoms with van der Waals surface area (Å²) in [4.78, 5) is 4.53. The highest BCUT2D eigenvalue weighted by Crippen LogP contribution is 2.30. The summed E-state index contributed by atoms with van der Waals surface area (Å²) in [5.41, 5.74) is 0.824. The van der Waals surface area contributed by atoms with Gasteiger partial charge in [0, 0.05) is 18.2 Å². The molecule has 2 aromatic rings. The highest BCUT2D eigenvalue weighted by atomic mass is 16.5. The Morgan fingerprint density at radius 2 is 1.95 bits per heavy atom. The van der Waals surface area contributed by atoms with Crippen LogP contribution in [0.2, 0.25) is 0 Å². The first-order chi connectivity index (χ1) is 10.3. The van der Waals surface area contributed by atoms with E-state index >= 15 is 0 Å². The fourth-order valence-electron chi connectivity index (χ4n) is 2.52. The maximum atomic E-state index is 5.42. The second-order valence-corrected chi connectivity index (χ2v) is 5.10. The number of piperidine rings is 1. The van der Waals surface area contributed by atoms with Crippen molar-refractivity contribution in [2.75, 3.05) is 27.3 Å². The molecule has 1 aliphatic rings. The molecule has 1 aromatic carbocycles. The largest absolute Gasteiger partial charge is 0.497 e. The minimum Gasteiger partial charge on any atom is -0.497 e. The van der Waals surface area contributed by atoms with Crippen LogP contribution in [0.25, 0.3) is 11.4 Å². The molecule has 0 unspecified atom stereocenters. The van der Waals surface area contributed by atoms with Gasteiger partial charge in [0.1, 0.15) is 11.5 Å². The van der Waals surface area contributed by atoms with E-state index in [1.165, 1.54) is 0 Å². The van der Waals surface area contributed by atoms with E-state index in [1.807, 2.05) is 18.2 Å². The van der Waals surface area contributed by atoms with E-state index in [9.17, 15) is 0 Å². The van der Waals surface area contributed by atoms with Gasteiger partial charge in [0.05, 0.1) is 20.1 Å². The molecule has 0 bridgehead atoms. The third kappa shape index (κ3) is 3.00. The van der Waals surface area contributed by atoms with Gasteiger partial charge in [0.25, 0.3) is 0 Å². The minimum atomic E-state index is 0.299. The monoisotopic (exact) mass is 289 g/mol. The maximum Gasteiger partial charge on any atom is 0.231 e. The number of nitrogens with one attached hydrogen (secondary N) is 1. The summed E-state index contributed by atoms with van der Waals surface area (Å²) in [5, 5.41) is 7.44.